The Kier molecular flexibility index (Phi) is 50.8. The Morgan fingerprint density at radius 1 is 0.321 bits per heavy atom. The fourth-order valence-corrected chi connectivity index (χ4v) is 9.49. The van der Waals surface area contributed by atoms with Crippen molar-refractivity contribution in [3.05, 3.63) is 48.6 Å². The minimum Gasteiger partial charge on any atom is -0.463 e. The third kappa shape index (κ3) is 48.6. The first-order valence-corrected chi connectivity index (χ1v) is 32.2. The van der Waals surface area contributed by atoms with Crippen molar-refractivity contribution in [1.29, 1.82) is 0 Å². The molecule has 1 aliphatic rings. The summed E-state index contributed by atoms with van der Waals surface area (Å²) in [6.07, 6.45) is 38.9. The lowest BCUT2D eigenvalue weighted by molar-refractivity contribution is -0.148. The van der Waals surface area contributed by atoms with Crippen LogP contribution in [0.25, 0.3) is 0 Å². The summed E-state index contributed by atoms with van der Waals surface area (Å²) in [5.74, 6) is -1.36. The third-order valence-electron chi connectivity index (χ3n) is 14.3. The van der Waals surface area contributed by atoms with E-state index in [0.717, 1.165) is 64.2 Å². The van der Waals surface area contributed by atoms with Crippen LogP contribution in [0, 0.1) is 0 Å². The molecular weight excluding hydrogens is 1030 g/mol. The van der Waals surface area contributed by atoms with Crippen LogP contribution in [0.3, 0.4) is 0 Å². The highest BCUT2D eigenvalue weighted by Gasteiger charge is 2.23. The van der Waals surface area contributed by atoms with E-state index >= 15 is 0 Å². The van der Waals surface area contributed by atoms with Gasteiger partial charge in [-0.25, -0.2) is 0 Å². The van der Waals surface area contributed by atoms with Crippen LogP contribution in [0.15, 0.2) is 48.6 Å². The number of rotatable bonds is 47. The molecule has 1 heterocycles. The number of β-amino-alcohol motifs (C(OH)–C–C–N with tert-alkyl or cyclic N) is 4. The van der Waals surface area contributed by atoms with Crippen molar-refractivity contribution in [3.63, 3.8) is 0 Å². The van der Waals surface area contributed by atoms with Gasteiger partial charge < -0.3 is 39.4 Å². The summed E-state index contributed by atoms with van der Waals surface area (Å²) in [4.78, 5) is 59.3. The van der Waals surface area contributed by atoms with E-state index in [2.05, 4.69) is 95.9 Å². The van der Waals surface area contributed by atoms with Gasteiger partial charge in [-0.05, 0) is 135 Å². The highest BCUT2D eigenvalue weighted by Crippen LogP contribution is 2.12. The molecule has 0 radical (unpaired) electrons. The summed E-state index contributed by atoms with van der Waals surface area (Å²) in [5.41, 5.74) is 0. The van der Waals surface area contributed by atoms with E-state index in [1.54, 1.807) is 0 Å². The standard InChI is InChI=1S/C65H118N4O12/c1-5-9-13-17-21-25-29-33-39-63(75)79-55-59(71)51-67-44-37-45-69(53-61(73)57-81-65(77)41-35-31-27-23-19-15-11-7-3)49-48-68(52-60(72)56-80-64(76)40-34-30-26-22-18-14-10-6-2)43-36-42-66(46-47-67)50-58(70)54-78-62(74)38-32-28-24-20-16-12-8-4/h20-27,58-61,70-73H,5-19,28-57H2,1-4H3/b24-20-,25-21-,26-22-,27-23-. The Balaban J connectivity index is 3.18. The van der Waals surface area contributed by atoms with Gasteiger partial charge in [0.2, 0.25) is 0 Å². The van der Waals surface area contributed by atoms with Crippen molar-refractivity contribution in [2.45, 2.75) is 238 Å². The number of unbranched alkanes of at least 4 members (excludes halogenated alkanes) is 15. The molecule has 0 aromatic rings. The van der Waals surface area contributed by atoms with E-state index in [-0.39, 0.29) is 102 Å². The van der Waals surface area contributed by atoms with Gasteiger partial charge in [0.1, 0.15) is 50.8 Å². The fraction of sp³-hybridized carbons (Fsp3) is 0.815. The largest absolute Gasteiger partial charge is 0.463 e. The van der Waals surface area contributed by atoms with Gasteiger partial charge in [0, 0.05) is 78.0 Å². The second-order valence-electron chi connectivity index (χ2n) is 22.3. The summed E-state index contributed by atoms with van der Waals surface area (Å²) in [6.45, 7) is 13.5. The van der Waals surface area contributed by atoms with Gasteiger partial charge in [0.15, 0.2) is 0 Å². The zero-order valence-electron chi connectivity index (χ0n) is 51.6. The molecule has 1 rings (SSSR count). The van der Waals surface area contributed by atoms with Gasteiger partial charge >= 0.3 is 23.9 Å². The van der Waals surface area contributed by atoms with Gasteiger partial charge in [0.25, 0.3) is 0 Å². The van der Waals surface area contributed by atoms with Crippen LogP contribution in [0.1, 0.15) is 214 Å². The summed E-state index contributed by atoms with van der Waals surface area (Å²) in [6, 6.07) is 0. The zero-order valence-corrected chi connectivity index (χ0v) is 51.6. The molecule has 1 aliphatic heterocycles. The lowest BCUT2D eigenvalue weighted by atomic mass is 10.1. The smallest absolute Gasteiger partial charge is 0.305 e. The lowest BCUT2D eigenvalue weighted by Crippen LogP contribution is -2.47. The number of ether oxygens (including phenoxy) is 4. The van der Waals surface area contributed by atoms with Crippen LogP contribution in [-0.4, -0.2) is 193 Å². The predicted molar refractivity (Wildman–Crippen MR) is 327 cm³/mol. The van der Waals surface area contributed by atoms with E-state index < -0.39 is 24.4 Å². The highest BCUT2D eigenvalue weighted by molar-refractivity contribution is 5.70. The van der Waals surface area contributed by atoms with Crippen molar-refractivity contribution in [1.82, 2.24) is 19.6 Å². The average Bonchev–Trinajstić information content (AvgIpc) is 3.45. The minimum absolute atomic E-state index is 0.129. The zero-order chi connectivity index (χ0) is 59.2. The Bertz CT molecular complexity index is 1650. The molecule has 0 aliphatic carbocycles. The minimum atomic E-state index is -0.938. The quantitative estimate of drug-likeness (QED) is 0.0194. The Hall–Kier alpha value is -3.48. The second-order valence-corrected chi connectivity index (χ2v) is 22.3. The van der Waals surface area contributed by atoms with E-state index in [1.807, 2.05) is 0 Å². The summed E-state index contributed by atoms with van der Waals surface area (Å²) in [5, 5.41) is 45.1. The average molecular weight is 1150 g/mol. The molecule has 0 saturated carbocycles. The van der Waals surface area contributed by atoms with Crippen molar-refractivity contribution in [3.8, 4) is 0 Å². The molecule has 0 amide bonds. The number of aliphatic hydroxyl groups is 4. The first kappa shape index (κ1) is 75.5. The van der Waals surface area contributed by atoms with Crippen LogP contribution < -0.4 is 0 Å². The number of aliphatic hydroxyl groups excluding tert-OH is 4. The van der Waals surface area contributed by atoms with E-state index in [9.17, 15) is 39.6 Å². The number of hydrogen-bond acceptors (Lipinski definition) is 16. The molecule has 4 N–H and O–H groups in total. The maximum atomic E-state index is 12.7. The van der Waals surface area contributed by atoms with Gasteiger partial charge in [-0.1, -0.05) is 128 Å². The molecule has 0 bridgehead atoms. The number of esters is 4. The van der Waals surface area contributed by atoms with Crippen LogP contribution >= 0.6 is 0 Å². The van der Waals surface area contributed by atoms with Crippen LogP contribution in [0.2, 0.25) is 0 Å². The summed E-state index contributed by atoms with van der Waals surface area (Å²) in [7, 11) is 0. The Morgan fingerprint density at radius 2 is 0.531 bits per heavy atom. The van der Waals surface area contributed by atoms with E-state index in [4.69, 9.17) is 18.9 Å². The summed E-state index contributed by atoms with van der Waals surface area (Å²) >= 11 is 0. The molecule has 16 heteroatoms. The number of nitrogens with zero attached hydrogens (tertiary/aromatic N) is 4. The normalized spacial score (nSPS) is 16.7. The molecule has 81 heavy (non-hydrogen) atoms. The number of allylic oxidation sites excluding steroid dienone is 8. The molecule has 16 nitrogen and oxygen atoms in total. The van der Waals surface area contributed by atoms with Crippen molar-refractivity contribution in [2.75, 3.05) is 105 Å². The molecule has 0 aromatic carbocycles. The van der Waals surface area contributed by atoms with Crippen LogP contribution in [0.4, 0.5) is 0 Å². The van der Waals surface area contributed by atoms with Gasteiger partial charge in [0.05, 0.1) is 0 Å². The molecule has 4 atom stereocenters. The maximum Gasteiger partial charge on any atom is 0.305 e. The SMILES string of the molecule is CCCC/C=C\CCCC(=O)OCC(O)CN1CCCN(CC(O)COC(=O)CCC/C=C\CCCCC)CCN(CC(O)COC(=O)CCC/C=C\CCCCC)CCCN(CC(O)COC(=O)CCC/C=C\CCCCC)CC1. The third-order valence-corrected chi connectivity index (χ3v) is 14.3. The maximum absolute atomic E-state index is 12.7. The predicted octanol–water partition coefficient (Wildman–Crippen LogP) is 10.4. The molecule has 4 unspecified atom stereocenters. The van der Waals surface area contributed by atoms with Crippen molar-refractivity contribution in [2.24, 2.45) is 0 Å². The molecular formula is C65H118N4O12. The summed E-state index contributed by atoms with van der Waals surface area (Å²) < 4.78 is 22.2. The molecule has 0 spiro atoms. The Labute approximate surface area is 492 Å². The Morgan fingerprint density at radius 3 is 0.753 bits per heavy atom. The first-order chi connectivity index (χ1) is 39.4. The van der Waals surface area contributed by atoms with Crippen LogP contribution in [0.5, 0.6) is 0 Å². The van der Waals surface area contributed by atoms with E-state index in [1.165, 1.54) is 57.8 Å². The number of hydrogen-bond donors (Lipinski definition) is 4. The first-order valence-electron chi connectivity index (χ1n) is 32.2. The lowest BCUT2D eigenvalue weighted by Gasteiger charge is -2.34. The molecule has 0 aromatic heterocycles. The van der Waals surface area contributed by atoms with E-state index in [0.29, 0.717) is 90.9 Å². The van der Waals surface area contributed by atoms with Crippen molar-refractivity contribution < 1.29 is 58.6 Å². The highest BCUT2D eigenvalue weighted by atomic mass is 16.6. The van der Waals surface area contributed by atoms with Gasteiger partial charge in [-0.3, -0.25) is 38.8 Å². The fourth-order valence-electron chi connectivity index (χ4n) is 9.49. The number of carbonyl (C=O) groups excluding carboxylic acids is 4. The van der Waals surface area contributed by atoms with Gasteiger partial charge in [-0.2, -0.15) is 0 Å². The topological polar surface area (TPSA) is 199 Å². The number of carbonyl (C=O) groups is 4. The second kappa shape index (κ2) is 54.5. The molecule has 1 saturated heterocycles. The monoisotopic (exact) mass is 1150 g/mol. The molecule has 1 fully saturated rings. The molecule has 470 valence electrons. The van der Waals surface area contributed by atoms with Crippen molar-refractivity contribution >= 4 is 23.9 Å². The van der Waals surface area contributed by atoms with Crippen LogP contribution in [-0.2, 0) is 38.1 Å². The van der Waals surface area contributed by atoms with Gasteiger partial charge in [-0.15, -0.1) is 0 Å².